The molecule has 2 heteroatoms. The zero-order valence-electron chi connectivity index (χ0n) is 16.5. The van der Waals surface area contributed by atoms with Crippen molar-refractivity contribution in [1.82, 2.24) is 0 Å². The van der Waals surface area contributed by atoms with Crippen LogP contribution in [0, 0.1) is 0 Å². The number of rotatable bonds is 7. The second-order valence-corrected chi connectivity index (χ2v) is 7.53. The Labute approximate surface area is 162 Å². The molecule has 140 valence electrons. The minimum absolute atomic E-state index is 0.177. The summed E-state index contributed by atoms with van der Waals surface area (Å²) in [6.45, 7) is 6.42. The fourth-order valence-electron chi connectivity index (χ4n) is 3.37. The summed E-state index contributed by atoms with van der Waals surface area (Å²) in [4.78, 5) is 12.2. The Morgan fingerprint density at radius 1 is 1.00 bits per heavy atom. The molecule has 0 aliphatic carbocycles. The van der Waals surface area contributed by atoms with E-state index in [2.05, 4.69) is 57.2 Å². The Morgan fingerprint density at radius 3 is 2.56 bits per heavy atom. The predicted octanol–water partition coefficient (Wildman–Crippen LogP) is 6.84. The van der Waals surface area contributed by atoms with Crippen molar-refractivity contribution in [3.8, 4) is 0 Å². The van der Waals surface area contributed by atoms with Gasteiger partial charge in [-0.2, -0.15) is 0 Å². The number of ether oxygens (including phenoxy) is 1. The fraction of sp³-hybridized carbons (Fsp3) is 0.320. The molecule has 3 rings (SSSR count). The van der Waals surface area contributed by atoms with Crippen molar-refractivity contribution >= 4 is 16.7 Å². The van der Waals surface area contributed by atoms with Crippen LogP contribution in [-0.2, 0) is 9.53 Å². The maximum atomic E-state index is 12.2. The molecule has 1 aliphatic heterocycles. The van der Waals surface area contributed by atoms with Gasteiger partial charge in [-0.15, -0.1) is 0 Å². The topological polar surface area (TPSA) is 26.3 Å². The highest BCUT2D eigenvalue weighted by atomic mass is 16.5. The third-order valence-electron chi connectivity index (χ3n) is 4.95. The standard InChI is InChI=1S/C25H28O2/c1-18(2)8-6-9-19(3)10-7-13-23-17-24(27-25(23)26)22-15-14-20-11-4-5-12-21(20)16-22/h4-5,8,10-12,14-17,24H,6-7,9,13H2,1-3H3/b19-10+/t24-/m0/s1. The van der Waals surface area contributed by atoms with E-state index in [9.17, 15) is 4.79 Å². The largest absolute Gasteiger partial charge is 0.450 e. The van der Waals surface area contributed by atoms with Crippen molar-refractivity contribution in [3.05, 3.63) is 83.0 Å². The predicted molar refractivity (Wildman–Crippen MR) is 113 cm³/mol. The van der Waals surface area contributed by atoms with Crippen LogP contribution in [0.15, 0.2) is 77.4 Å². The summed E-state index contributed by atoms with van der Waals surface area (Å²) < 4.78 is 5.60. The molecule has 2 aromatic rings. The minimum Gasteiger partial charge on any atom is -0.450 e. The third kappa shape index (κ3) is 5.19. The number of cyclic esters (lactones) is 1. The number of benzene rings is 2. The lowest BCUT2D eigenvalue weighted by Crippen LogP contribution is -2.02. The lowest BCUT2D eigenvalue weighted by atomic mass is 10.0. The van der Waals surface area contributed by atoms with Gasteiger partial charge in [0.25, 0.3) is 0 Å². The van der Waals surface area contributed by atoms with Gasteiger partial charge in [0.2, 0.25) is 0 Å². The van der Waals surface area contributed by atoms with E-state index >= 15 is 0 Å². The molecule has 0 N–H and O–H groups in total. The first-order chi connectivity index (χ1) is 13.0. The van der Waals surface area contributed by atoms with Crippen LogP contribution in [0.1, 0.15) is 58.1 Å². The van der Waals surface area contributed by atoms with Gasteiger partial charge in [0, 0.05) is 5.57 Å². The molecule has 0 unspecified atom stereocenters. The lowest BCUT2D eigenvalue weighted by molar-refractivity contribution is -0.140. The van der Waals surface area contributed by atoms with Crippen molar-refractivity contribution in [1.29, 1.82) is 0 Å². The van der Waals surface area contributed by atoms with Crippen LogP contribution in [0.25, 0.3) is 10.8 Å². The van der Waals surface area contributed by atoms with Crippen molar-refractivity contribution in [2.45, 2.75) is 52.6 Å². The summed E-state index contributed by atoms with van der Waals surface area (Å²) in [5.74, 6) is -0.177. The zero-order valence-corrected chi connectivity index (χ0v) is 16.5. The molecule has 1 atom stereocenters. The molecule has 0 saturated heterocycles. The van der Waals surface area contributed by atoms with Gasteiger partial charge in [0.1, 0.15) is 6.10 Å². The third-order valence-corrected chi connectivity index (χ3v) is 4.95. The average molecular weight is 360 g/mol. The highest BCUT2D eigenvalue weighted by Gasteiger charge is 2.26. The average Bonchev–Trinajstić information content (AvgIpc) is 3.02. The molecule has 1 heterocycles. The summed E-state index contributed by atoms with van der Waals surface area (Å²) in [7, 11) is 0. The molecule has 27 heavy (non-hydrogen) atoms. The summed E-state index contributed by atoms with van der Waals surface area (Å²) >= 11 is 0. The molecular weight excluding hydrogens is 332 g/mol. The first-order valence-corrected chi connectivity index (χ1v) is 9.72. The molecule has 0 spiro atoms. The van der Waals surface area contributed by atoms with E-state index in [0.717, 1.165) is 36.8 Å². The first-order valence-electron chi connectivity index (χ1n) is 9.72. The Bertz CT molecular complexity index is 911. The maximum absolute atomic E-state index is 12.2. The van der Waals surface area contributed by atoms with Crippen molar-refractivity contribution < 1.29 is 9.53 Å². The lowest BCUT2D eigenvalue weighted by Gasteiger charge is -2.09. The van der Waals surface area contributed by atoms with E-state index in [1.807, 2.05) is 24.3 Å². The molecule has 0 saturated carbocycles. The monoisotopic (exact) mass is 360 g/mol. The van der Waals surface area contributed by atoms with Gasteiger partial charge in [-0.05, 0) is 74.9 Å². The Morgan fingerprint density at radius 2 is 1.78 bits per heavy atom. The van der Waals surface area contributed by atoms with Crippen LogP contribution in [0.5, 0.6) is 0 Å². The molecule has 0 bridgehead atoms. The van der Waals surface area contributed by atoms with Gasteiger partial charge >= 0.3 is 5.97 Å². The molecule has 0 fully saturated rings. The van der Waals surface area contributed by atoms with Crippen LogP contribution in [0.4, 0.5) is 0 Å². The van der Waals surface area contributed by atoms with Crippen LogP contribution in [-0.4, -0.2) is 5.97 Å². The molecule has 1 aliphatic rings. The maximum Gasteiger partial charge on any atom is 0.334 e. The number of esters is 1. The summed E-state index contributed by atoms with van der Waals surface area (Å²) in [6, 6.07) is 14.5. The number of fused-ring (bicyclic) bond motifs is 1. The summed E-state index contributed by atoms with van der Waals surface area (Å²) in [5.41, 5.74) is 4.57. The number of hydrogen-bond donors (Lipinski definition) is 0. The summed E-state index contributed by atoms with van der Waals surface area (Å²) in [5, 5.41) is 2.37. The molecule has 0 radical (unpaired) electrons. The highest BCUT2D eigenvalue weighted by molar-refractivity contribution is 5.91. The van der Waals surface area contributed by atoms with E-state index in [4.69, 9.17) is 4.74 Å². The van der Waals surface area contributed by atoms with Gasteiger partial charge in [-0.3, -0.25) is 0 Å². The van der Waals surface area contributed by atoms with Crippen LogP contribution in [0.2, 0.25) is 0 Å². The quantitative estimate of drug-likeness (QED) is 0.399. The molecular formula is C25H28O2. The van der Waals surface area contributed by atoms with E-state index < -0.39 is 0 Å². The highest BCUT2D eigenvalue weighted by Crippen LogP contribution is 2.31. The molecule has 0 aromatic heterocycles. The van der Waals surface area contributed by atoms with E-state index in [0.29, 0.717) is 0 Å². The smallest absolute Gasteiger partial charge is 0.334 e. The Hall–Kier alpha value is -2.61. The number of carbonyl (C=O) groups is 1. The minimum atomic E-state index is -0.264. The van der Waals surface area contributed by atoms with E-state index in [1.165, 1.54) is 21.9 Å². The van der Waals surface area contributed by atoms with Crippen molar-refractivity contribution in [3.63, 3.8) is 0 Å². The number of allylic oxidation sites excluding steroid dienone is 4. The Balaban J connectivity index is 1.61. The van der Waals surface area contributed by atoms with Crippen LogP contribution < -0.4 is 0 Å². The second kappa shape index (κ2) is 8.85. The van der Waals surface area contributed by atoms with Gasteiger partial charge < -0.3 is 4.74 Å². The first kappa shape index (κ1) is 19.2. The van der Waals surface area contributed by atoms with Gasteiger partial charge in [-0.25, -0.2) is 4.79 Å². The van der Waals surface area contributed by atoms with Gasteiger partial charge in [-0.1, -0.05) is 59.7 Å². The molecule has 2 nitrogen and oxygen atoms in total. The zero-order chi connectivity index (χ0) is 19.2. The normalized spacial score (nSPS) is 17.0. The van der Waals surface area contributed by atoms with Gasteiger partial charge in [0.15, 0.2) is 0 Å². The van der Waals surface area contributed by atoms with Crippen molar-refractivity contribution in [2.75, 3.05) is 0 Å². The number of hydrogen-bond acceptors (Lipinski definition) is 2. The Kier molecular flexibility index (Phi) is 6.28. The second-order valence-electron chi connectivity index (χ2n) is 7.53. The van der Waals surface area contributed by atoms with Crippen LogP contribution in [0.3, 0.4) is 0 Å². The van der Waals surface area contributed by atoms with E-state index in [-0.39, 0.29) is 12.1 Å². The SMILES string of the molecule is CC(C)=CCC/C(C)=C/CCC1=C[C@@H](c2ccc3ccccc3c2)OC1=O. The van der Waals surface area contributed by atoms with Gasteiger partial charge in [0.05, 0.1) is 0 Å². The summed E-state index contributed by atoms with van der Waals surface area (Å²) in [6.07, 6.45) is 10.0. The van der Waals surface area contributed by atoms with Crippen LogP contribution >= 0.6 is 0 Å². The number of carbonyl (C=O) groups excluding carboxylic acids is 1. The molecule has 0 amide bonds. The fourth-order valence-corrected chi connectivity index (χ4v) is 3.37. The van der Waals surface area contributed by atoms with E-state index in [1.54, 1.807) is 0 Å². The molecule has 2 aromatic carbocycles. The van der Waals surface area contributed by atoms with Crippen molar-refractivity contribution in [2.24, 2.45) is 0 Å².